The van der Waals surface area contributed by atoms with Crippen molar-refractivity contribution in [2.24, 2.45) is 17.8 Å². The highest BCUT2D eigenvalue weighted by Gasteiger charge is 2.61. The smallest absolute Gasteiger partial charge is 0.319 e. The molecule has 0 unspecified atom stereocenters. The van der Waals surface area contributed by atoms with Crippen LogP contribution in [0.25, 0.3) is 16.3 Å². The molecule has 1 saturated heterocycles. The van der Waals surface area contributed by atoms with Crippen LogP contribution in [0.3, 0.4) is 0 Å². The Morgan fingerprint density at radius 2 is 1.66 bits per heavy atom. The predicted octanol–water partition coefficient (Wildman–Crippen LogP) is 5.01. The number of nitro benzene ring substituents is 1. The molecule has 0 N–H and O–H groups in total. The van der Waals surface area contributed by atoms with E-state index in [2.05, 4.69) is 0 Å². The summed E-state index contributed by atoms with van der Waals surface area (Å²) in [6.45, 7) is 0.0518. The zero-order valence-corrected chi connectivity index (χ0v) is 23.1. The van der Waals surface area contributed by atoms with Crippen molar-refractivity contribution < 1.29 is 38.3 Å². The van der Waals surface area contributed by atoms with E-state index in [1.165, 1.54) is 19.2 Å². The standard InChI is InChI=1S/C33H22N2O9/c1-41-18-8-9-22(23(13-18)35(39)40)34-31(36)28-20(17-7-10-24-26(12-17)43-15-42-24)14-21-27-19-5-3-2-4-16(19)6-11-25(27)44-33(38)29(21)30(28)32(34)37/h2-14,20,28-30H,15H2,1H3/t20-,28+,29-,30+/m1/s1. The van der Waals surface area contributed by atoms with Gasteiger partial charge in [-0.2, -0.15) is 0 Å². The van der Waals surface area contributed by atoms with Crippen molar-refractivity contribution in [3.63, 3.8) is 0 Å². The number of amides is 2. The number of allylic oxidation sites excluding steroid dienone is 1. The van der Waals surface area contributed by atoms with Gasteiger partial charge in [-0.3, -0.25) is 24.5 Å². The van der Waals surface area contributed by atoms with E-state index in [1.54, 1.807) is 24.3 Å². The van der Waals surface area contributed by atoms with Crippen LogP contribution < -0.4 is 23.8 Å². The number of fused-ring (bicyclic) bond motifs is 8. The fourth-order valence-electron chi connectivity index (χ4n) is 6.98. The summed E-state index contributed by atoms with van der Waals surface area (Å²) in [4.78, 5) is 54.7. The quantitative estimate of drug-likeness (QED) is 0.106. The number of rotatable bonds is 4. The second-order valence-corrected chi connectivity index (χ2v) is 11.0. The fourth-order valence-corrected chi connectivity index (χ4v) is 6.98. The third-order valence-electron chi connectivity index (χ3n) is 8.88. The Kier molecular flexibility index (Phi) is 5.54. The van der Waals surface area contributed by atoms with Crippen LogP contribution in [0.1, 0.15) is 17.0 Å². The minimum atomic E-state index is -1.18. The van der Waals surface area contributed by atoms with E-state index in [0.29, 0.717) is 33.9 Å². The minimum absolute atomic E-state index is 0.0518. The van der Waals surface area contributed by atoms with Crippen molar-refractivity contribution in [3.8, 4) is 23.0 Å². The van der Waals surface area contributed by atoms with Gasteiger partial charge in [0, 0.05) is 11.5 Å². The van der Waals surface area contributed by atoms with Gasteiger partial charge in [-0.25, -0.2) is 4.90 Å². The van der Waals surface area contributed by atoms with Gasteiger partial charge in [0.05, 0.1) is 35.9 Å². The van der Waals surface area contributed by atoms with Gasteiger partial charge >= 0.3 is 5.97 Å². The molecule has 1 aliphatic carbocycles. The van der Waals surface area contributed by atoms with Crippen LogP contribution in [0.15, 0.2) is 78.9 Å². The molecule has 4 aliphatic rings. The van der Waals surface area contributed by atoms with Crippen LogP contribution in [-0.4, -0.2) is 36.6 Å². The second kappa shape index (κ2) is 9.40. The zero-order valence-electron chi connectivity index (χ0n) is 23.1. The topological polar surface area (TPSA) is 135 Å². The number of anilines is 1. The average molecular weight is 591 g/mol. The first-order valence-corrected chi connectivity index (χ1v) is 13.9. The number of carbonyl (C=O) groups is 3. The van der Waals surface area contributed by atoms with E-state index in [9.17, 15) is 24.5 Å². The number of esters is 1. The van der Waals surface area contributed by atoms with Gasteiger partial charge in [-0.05, 0) is 52.2 Å². The molecule has 0 spiro atoms. The number of nitro groups is 1. The van der Waals surface area contributed by atoms with Crippen LogP contribution in [0.4, 0.5) is 11.4 Å². The summed E-state index contributed by atoms with van der Waals surface area (Å²) >= 11 is 0. The number of ether oxygens (including phenoxy) is 4. The van der Waals surface area contributed by atoms with Crippen LogP contribution in [0, 0.1) is 27.9 Å². The van der Waals surface area contributed by atoms with Crippen LogP contribution in [0.2, 0.25) is 0 Å². The Balaban J connectivity index is 1.36. The summed E-state index contributed by atoms with van der Waals surface area (Å²) in [6.07, 6.45) is 1.87. The van der Waals surface area contributed by atoms with Gasteiger partial charge < -0.3 is 18.9 Å². The van der Waals surface area contributed by atoms with Gasteiger partial charge in [0.2, 0.25) is 18.6 Å². The van der Waals surface area contributed by atoms with E-state index < -0.39 is 52.1 Å². The van der Waals surface area contributed by atoms with E-state index in [1.807, 2.05) is 36.4 Å². The Morgan fingerprint density at radius 1 is 0.886 bits per heavy atom. The SMILES string of the molecule is COc1ccc(N2C(=O)[C@@H]3[C@@H]4C(=O)Oc5ccc6ccccc6c5C4=C[C@H](c4ccc5c(c4)OCO5)[C@@H]3C2=O)c([N+](=O)[O-])c1. The lowest BCUT2D eigenvalue weighted by atomic mass is 9.64. The maximum Gasteiger partial charge on any atom is 0.319 e. The molecule has 3 heterocycles. The van der Waals surface area contributed by atoms with Crippen LogP contribution in [-0.2, 0) is 14.4 Å². The number of benzene rings is 4. The fraction of sp³-hybridized carbons (Fsp3) is 0.182. The highest BCUT2D eigenvalue weighted by molar-refractivity contribution is 6.25. The molecule has 4 atom stereocenters. The lowest BCUT2D eigenvalue weighted by Gasteiger charge is -2.38. The normalized spacial score (nSPS) is 23.1. The molecule has 11 nitrogen and oxygen atoms in total. The highest BCUT2D eigenvalue weighted by Crippen LogP contribution is 2.56. The lowest BCUT2D eigenvalue weighted by molar-refractivity contribution is -0.384. The van der Waals surface area contributed by atoms with Gasteiger partial charge in [0.15, 0.2) is 11.5 Å². The van der Waals surface area contributed by atoms with E-state index >= 15 is 0 Å². The molecular formula is C33H22N2O9. The monoisotopic (exact) mass is 590 g/mol. The molecule has 4 aromatic rings. The Labute approximate surface area is 249 Å². The second-order valence-electron chi connectivity index (χ2n) is 11.0. The van der Waals surface area contributed by atoms with Gasteiger partial charge in [-0.15, -0.1) is 0 Å². The number of imide groups is 1. The molecule has 0 saturated carbocycles. The number of hydrogen-bond acceptors (Lipinski definition) is 9. The third kappa shape index (κ3) is 3.58. The summed E-state index contributed by atoms with van der Waals surface area (Å²) in [7, 11) is 1.36. The molecule has 44 heavy (non-hydrogen) atoms. The minimum Gasteiger partial charge on any atom is -0.496 e. The maximum atomic E-state index is 14.4. The predicted molar refractivity (Wildman–Crippen MR) is 155 cm³/mol. The Morgan fingerprint density at radius 3 is 2.48 bits per heavy atom. The van der Waals surface area contributed by atoms with E-state index in [4.69, 9.17) is 18.9 Å². The van der Waals surface area contributed by atoms with Crippen molar-refractivity contribution in [2.75, 3.05) is 18.8 Å². The molecule has 4 aromatic carbocycles. The summed E-state index contributed by atoms with van der Waals surface area (Å²) in [5.74, 6) is -4.46. The van der Waals surface area contributed by atoms with Gasteiger partial charge in [0.1, 0.15) is 17.2 Å². The molecule has 3 aliphatic heterocycles. The molecule has 2 amide bonds. The number of nitrogens with zero attached hydrogens (tertiary/aromatic N) is 2. The van der Waals surface area contributed by atoms with Crippen molar-refractivity contribution in [1.29, 1.82) is 0 Å². The molecule has 0 radical (unpaired) electrons. The first-order valence-electron chi connectivity index (χ1n) is 13.9. The lowest BCUT2D eigenvalue weighted by Crippen LogP contribution is -2.42. The van der Waals surface area contributed by atoms with Crippen LogP contribution >= 0.6 is 0 Å². The summed E-state index contributed by atoms with van der Waals surface area (Å²) in [6, 6.07) is 20.5. The number of carbonyl (C=O) groups excluding carboxylic acids is 3. The Hall–Kier alpha value is -5.71. The summed E-state index contributed by atoms with van der Waals surface area (Å²) in [5, 5.41) is 13.8. The molecule has 11 heteroatoms. The molecule has 8 rings (SSSR count). The summed E-state index contributed by atoms with van der Waals surface area (Å²) in [5.41, 5.74) is 1.25. The van der Waals surface area contributed by atoms with Crippen molar-refractivity contribution in [3.05, 3.63) is 100 Å². The van der Waals surface area contributed by atoms with E-state index in [0.717, 1.165) is 21.7 Å². The maximum absolute atomic E-state index is 14.4. The molecule has 1 fully saturated rings. The van der Waals surface area contributed by atoms with Crippen molar-refractivity contribution in [2.45, 2.75) is 5.92 Å². The molecular weight excluding hydrogens is 568 g/mol. The number of methoxy groups -OCH3 is 1. The molecule has 0 bridgehead atoms. The number of hydrogen-bond donors (Lipinski definition) is 0. The largest absolute Gasteiger partial charge is 0.496 e. The third-order valence-corrected chi connectivity index (χ3v) is 8.88. The van der Waals surface area contributed by atoms with Gasteiger partial charge in [0.25, 0.3) is 5.69 Å². The molecule has 218 valence electrons. The van der Waals surface area contributed by atoms with Crippen LogP contribution in [0.5, 0.6) is 23.0 Å². The van der Waals surface area contributed by atoms with Gasteiger partial charge in [-0.1, -0.05) is 42.5 Å². The summed E-state index contributed by atoms with van der Waals surface area (Å²) < 4.78 is 22.1. The first kappa shape index (κ1) is 26.0. The van der Waals surface area contributed by atoms with Crippen molar-refractivity contribution in [1.82, 2.24) is 0 Å². The molecule has 0 aromatic heterocycles. The zero-order chi connectivity index (χ0) is 30.3. The van der Waals surface area contributed by atoms with E-state index in [-0.39, 0.29) is 18.2 Å². The first-order chi connectivity index (χ1) is 21.4. The highest BCUT2D eigenvalue weighted by atomic mass is 16.7. The average Bonchev–Trinajstić information content (AvgIpc) is 3.61. The Bertz CT molecular complexity index is 2000. The van der Waals surface area contributed by atoms with Crippen molar-refractivity contribution >= 4 is 45.5 Å².